The summed E-state index contributed by atoms with van der Waals surface area (Å²) < 4.78 is 7.20. The van der Waals surface area contributed by atoms with Crippen LogP contribution in [0, 0.1) is 12.8 Å². The van der Waals surface area contributed by atoms with E-state index in [4.69, 9.17) is 4.74 Å². The number of fused-ring (bicyclic) bond motifs is 1. The molecule has 0 saturated carbocycles. The Hall–Kier alpha value is -2.13. The zero-order chi connectivity index (χ0) is 21.8. The molecule has 2 aromatic heterocycles. The van der Waals surface area contributed by atoms with E-state index in [9.17, 15) is 9.59 Å². The van der Waals surface area contributed by atoms with Gasteiger partial charge in [0, 0.05) is 11.4 Å². The average molecular weight is 449 g/mol. The number of esters is 1. The summed E-state index contributed by atoms with van der Waals surface area (Å²) in [4.78, 5) is 26.8. The van der Waals surface area contributed by atoms with Crippen molar-refractivity contribution in [2.24, 2.45) is 5.92 Å². The first-order valence-corrected chi connectivity index (χ1v) is 11.8. The van der Waals surface area contributed by atoms with Gasteiger partial charge in [-0.15, -0.1) is 28.1 Å². The Bertz CT molecular complexity index is 950. The Morgan fingerprint density at radius 2 is 2.23 bits per heavy atom. The van der Waals surface area contributed by atoms with Gasteiger partial charge in [-0.3, -0.25) is 4.79 Å². The number of nitrogens with zero attached hydrogens (tertiary/aromatic N) is 3. The molecule has 0 aromatic carbocycles. The van der Waals surface area contributed by atoms with Crippen molar-refractivity contribution in [3.63, 3.8) is 0 Å². The summed E-state index contributed by atoms with van der Waals surface area (Å²) in [5, 5.41) is 12.1. The van der Waals surface area contributed by atoms with Gasteiger partial charge < -0.3 is 14.6 Å². The highest BCUT2D eigenvalue weighted by Gasteiger charge is 2.30. The minimum atomic E-state index is -0.412. The second-order valence-corrected chi connectivity index (χ2v) is 9.87. The van der Waals surface area contributed by atoms with Gasteiger partial charge in [0.25, 0.3) is 0 Å². The van der Waals surface area contributed by atoms with Gasteiger partial charge in [-0.05, 0) is 51.5 Å². The molecular formula is C21H28N4O3S2. The maximum atomic E-state index is 12.9. The second kappa shape index (κ2) is 9.78. The van der Waals surface area contributed by atoms with Crippen LogP contribution in [-0.4, -0.2) is 38.5 Å². The van der Waals surface area contributed by atoms with E-state index in [1.54, 1.807) is 13.0 Å². The number of carbonyl (C=O) groups is 2. The highest BCUT2D eigenvalue weighted by atomic mass is 32.2. The third-order valence-electron chi connectivity index (χ3n) is 5.09. The first-order valence-electron chi connectivity index (χ1n) is 10.2. The maximum Gasteiger partial charge on any atom is 0.341 e. The van der Waals surface area contributed by atoms with E-state index in [2.05, 4.69) is 29.0 Å². The molecule has 2 aromatic rings. The van der Waals surface area contributed by atoms with Gasteiger partial charge in [0.15, 0.2) is 5.16 Å². The normalized spacial score (nSPS) is 16.6. The van der Waals surface area contributed by atoms with E-state index in [-0.39, 0.29) is 11.9 Å². The number of rotatable bonds is 8. The Balaban J connectivity index is 1.80. The number of anilines is 1. The predicted molar refractivity (Wildman–Crippen MR) is 120 cm³/mol. The molecule has 9 heteroatoms. The summed E-state index contributed by atoms with van der Waals surface area (Å²) in [5.74, 6) is 0.808. The first-order chi connectivity index (χ1) is 14.3. The fourth-order valence-corrected chi connectivity index (χ4v) is 5.78. The van der Waals surface area contributed by atoms with Gasteiger partial charge in [-0.2, -0.15) is 0 Å². The fraction of sp³-hybridized carbons (Fsp3) is 0.524. The number of allylic oxidation sites excluding steroid dienone is 1. The number of nitrogens with one attached hydrogen (secondary N) is 1. The Labute approximate surface area is 185 Å². The van der Waals surface area contributed by atoms with E-state index in [0.29, 0.717) is 34.8 Å². The Morgan fingerprint density at radius 1 is 1.47 bits per heavy atom. The summed E-state index contributed by atoms with van der Waals surface area (Å²) in [6, 6.07) is 0. The molecule has 1 aliphatic carbocycles. The molecule has 2 unspecified atom stereocenters. The van der Waals surface area contributed by atoms with E-state index < -0.39 is 5.25 Å². The molecule has 1 N–H and O–H groups in total. The third kappa shape index (κ3) is 4.78. The molecule has 7 nitrogen and oxygen atoms in total. The van der Waals surface area contributed by atoms with Crippen LogP contribution in [-0.2, 0) is 28.9 Å². The molecule has 0 bridgehead atoms. The van der Waals surface area contributed by atoms with Gasteiger partial charge in [-0.25, -0.2) is 4.79 Å². The number of carbonyl (C=O) groups excluding carboxylic acids is 2. The first kappa shape index (κ1) is 22.6. The van der Waals surface area contributed by atoms with Crippen molar-refractivity contribution in [3.05, 3.63) is 34.5 Å². The minimum Gasteiger partial charge on any atom is -0.462 e. The van der Waals surface area contributed by atoms with Crippen LogP contribution < -0.4 is 5.32 Å². The molecule has 162 valence electrons. The highest BCUT2D eigenvalue weighted by Crippen LogP contribution is 2.40. The number of hydrogen-bond donors (Lipinski definition) is 1. The Kier molecular flexibility index (Phi) is 7.36. The topological polar surface area (TPSA) is 86.1 Å². The molecule has 0 radical (unpaired) electrons. The van der Waals surface area contributed by atoms with Gasteiger partial charge in [0.05, 0.1) is 17.4 Å². The molecule has 1 amide bonds. The smallest absolute Gasteiger partial charge is 0.341 e. The number of aryl methyl sites for hydroxylation is 1. The van der Waals surface area contributed by atoms with Crippen molar-refractivity contribution >= 4 is 40.0 Å². The summed E-state index contributed by atoms with van der Waals surface area (Å²) in [6.07, 6.45) is 4.57. The number of amides is 1. The number of thioether (sulfide) groups is 1. The molecule has 0 aliphatic heterocycles. The monoisotopic (exact) mass is 448 g/mol. The number of aromatic nitrogens is 3. The van der Waals surface area contributed by atoms with Crippen LogP contribution in [0.4, 0.5) is 5.00 Å². The largest absolute Gasteiger partial charge is 0.462 e. The predicted octanol–water partition coefficient (Wildman–Crippen LogP) is 4.25. The summed E-state index contributed by atoms with van der Waals surface area (Å²) in [7, 11) is 0. The lowest BCUT2D eigenvalue weighted by Gasteiger charge is -2.18. The van der Waals surface area contributed by atoms with Crippen molar-refractivity contribution in [2.75, 3.05) is 11.9 Å². The number of ether oxygens (including phenoxy) is 1. The maximum absolute atomic E-state index is 12.9. The van der Waals surface area contributed by atoms with Crippen LogP contribution >= 0.6 is 23.1 Å². The minimum absolute atomic E-state index is 0.178. The van der Waals surface area contributed by atoms with Crippen LogP contribution in [0.1, 0.15) is 53.8 Å². The molecule has 3 rings (SSSR count). The SMILES string of the molecule is C=CCn1c(C)nnc1SC(C)C(=O)Nc1sc2c(c1C(=O)OCC)CCC(C)C2. The lowest BCUT2D eigenvalue weighted by Crippen LogP contribution is -2.24. The zero-order valence-electron chi connectivity index (χ0n) is 17.9. The van der Waals surface area contributed by atoms with E-state index >= 15 is 0 Å². The van der Waals surface area contributed by atoms with E-state index in [0.717, 1.165) is 30.7 Å². The van der Waals surface area contributed by atoms with Gasteiger partial charge >= 0.3 is 5.97 Å². The lowest BCUT2D eigenvalue weighted by molar-refractivity contribution is -0.115. The average Bonchev–Trinajstić information content (AvgIpc) is 3.22. The molecule has 0 fully saturated rings. The number of hydrogen-bond acceptors (Lipinski definition) is 7. The van der Waals surface area contributed by atoms with Crippen LogP contribution in [0.3, 0.4) is 0 Å². The van der Waals surface area contributed by atoms with Crippen molar-refractivity contribution < 1.29 is 14.3 Å². The van der Waals surface area contributed by atoms with Crippen molar-refractivity contribution in [3.8, 4) is 0 Å². The van der Waals surface area contributed by atoms with Gasteiger partial charge in [0.2, 0.25) is 5.91 Å². The fourth-order valence-electron chi connectivity index (χ4n) is 3.47. The van der Waals surface area contributed by atoms with Gasteiger partial charge in [-0.1, -0.05) is 24.8 Å². The summed E-state index contributed by atoms with van der Waals surface area (Å²) in [5.41, 5.74) is 1.56. The molecule has 1 aliphatic rings. The summed E-state index contributed by atoms with van der Waals surface area (Å²) >= 11 is 2.83. The molecule has 30 heavy (non-hydrogen) atoms. The standard InChI is InChI=1S/C21H28N4O3S2/c1-6-10-25-14(5)23-24-21(25)29-13(4)18(26)22-19-17(20(27)28-7-2)15-9-8-12(3)11-16(15)30-19/h6,12-13H,1,7-11H2,2-5H3,(H,22,26). The molecule has 0 saturated heterocycles. The quantitative estimate of drug-likeness (QED) is 0.369. The molecule has 2 heterocycles. The zero-order valence-corrected chi connectivity index (χ0v) is 19.5. The van der Waals surface area contributed by atoms with Crippen LogP contribution in [0.25, 0.3) is 0 Å². The number of thiophene rings is 1. The highest BCUT2D eigenvalue weighted by molar-refractivity contribution is 8.00. The van der Waals surface area contributed by atoms with Crippen LogP contribution in [0.5, 0.6) is 0 Å². The van der Waals surface area contributed by atoms with E-state index in [1.165, 1.54) is 28.0 Å². The van der Waals surface area contributed by atoms with Crippen molar-refractivity contribution in [1.82, 2.24) is 14.8 Å². The van der Waals surface area contributed by atoms with Crippen LogP contribution in [0.2, 0.25) is 0 Å². The Morgan fingerprint density at radius 3 is 2.93 bits per heavy atom. The lowest BCUT2D eigenvalue weighted by atomic mass is 9.88. The van der Waals surface area contributed by atoms with Crippen molar-refractivity contribution in [2.45, 2.75) is 63.9 Å². The summed E-state index contributed by atoms with van der Waals surface area (Å²) in [6.45, 7) is 12.3. The van der Waals surface area contributed by atoms with Crippen LogP contribution in [0.15, 0.2) is 17.8 Å². The van der Waals surface area contributed by atoms with E-state index in [1.807, 2.05) is 18.4 Å². The second-order valence-electron chi connectivity index (χ2n) is 7.45. The molecular weight excluding hydrogens is 420 g/mol. The van der Waals surface area contributed by atoms with Gasteiger partial charge in [0.1, 0.15) is 10.8 Å². The molecule has 2 atom stereocenters. The third-order valence-corrected chi connectivity index (χ3v) is 7.34. The van der Waals surface area contributed by atoms with Crippen molar-refractivity contribution in [1.29, 1.82) is 0 Å². The molecule has 0 spiro atoms.